The van der Waals surface area contributed by atoms with E-state index in [0.29, 0.717) is 12.3 Å². The molecule has 0 fully saturated rings. The van der Waals surface area contributed by atoms with Crippen molar-refractivity contribution < 1.29 is 5.11 Å². The van der Waals surface area contributed by atoms with Gasteiger partial charge in [0.1, 0.15) is 11.0 Å². The van der Waals surface area contributed by atoms with E-state index in [1.54, 1.807) is 4.80 Å². The van der Waals surface area contributed by atoms with Crippen molar-refractivity contribution in [3.8, 4) is 5.69 Å². The lowest BCUT2D eigenvalue weighted by Crippen LogP contribution is -2.23. The SMILES string of the molecule is CCCC(CCC(O)Cc1ccccc1-n1nc2ccccc2n1)C(C)(C)C. The third kappa shape index (κ3) is 4.99. The zero-order valence-electron chi connectivity index (χ0n) is 17.6. The number of hydrogen-bond donors (Lipinski definition) is 1. The number of aromatic nitrogens is 3. The normalized spacial score (nSPS) is 14.3. The average Bonchev–Trinajstić information content (AvgIpc) is 3.08. The van der Waals surface area contributed by atoms with E-state index in [9.17, 15) is 5.11 Å². The van der Waals surface area contributed by atoms with Crippen LogP contribution in [0.3, 0.4) is 0 Å². The van der Waals surface area contributed by atoms with E-state index in [2.05, 4.69) is 44.0 Å². The molecule has 0 aliphatic carbocycles. The smallest absolute Gasteiger partial charge is 0.113 e. The fourth-order valence-corrected chi connectivity index (χ4v) is 3.95. The number of rotatable bonds is 8. The highest BCUT2D eigenvalue weighted by atomic mass is 16.3. The molecule has 1 heterocycles. The van der Waals surface area contributed by atoms with Crippen LogP contribution in [0.25, 0.3) is 16.7 Å². The first-order chi connectivity index (χ1) is 13.4. The summed E-state index contributed by atoms with van der Waals surface area (Å²) in [4.78, 5) is 1.70. The van der Waals surface area contributed by atoms with Gasteiger partial charge >= 0.3 is 0 Å². The quantitative estimate of drug-likeness (QED) is 0.557. The standard InChI is InChI=1S/C24H33N3O/c1-5-10-19(24(2,3)4)15-16-20(28)17-18-11-6-9-14-23(18)27-25-21-12-7-8-13-22(21)26-27/h6-9,11-14,19-20,28H,5,10,15-17H2,1-4H3. The summed E-state index contributed by atoms with van der Waals surface area (Å²) < 4.78 is 0. The summed E-state index contributed by atoms with van der Waals surface area (Å²) in [7, 11) is 0. The van der Waals surface area contributed by atoms with Crippen LogP contribution in [-0.2, 0) is 6.42 Å². The van der Waals surface area contributed by atoms with Gasteiger partial charge in [-0.05, 0) is 47.9 Å². The highest BCUT2D eigenvalue weighted by molar-refractivity contribution is 5.73. The molecule has 2 atom stereocenters. The van der Waals surface area contributed by atoms with Crippen LogP contribution < -0.4 is 0 Å². The monoisotopic (exact) mass is 379 g/mol. The minimum Gasteiger partial charge on any atom is -0.393 e. The van der Waals surface area contributed by atoms with Gasteiger partial charge < -0.3 is 5.11 Å². The molecule has 150 valence electrons. The van der Waals surface area contributed by atoms with Gasteiger partial charge in [-0.2, -0.15) is 4.80 Å². The Kier molecular flexibility index (Phi) is 6.50. The summed E-state index contributed by atoms with van der Waals surface area (Å²) in [6, 6.07) is 16.0. The van der Waals surface area contributed by atoms with Gasteiger partial charge in [0.05, 0.1) is 11.8 Å². The Bertz CT molecular complexity index is 861. The zero-order valence-corrected chi connectivity index (χ0v) is 17.6. The van der Waals surface area contributed by atoms with Crippen molar-refractivity contribution in [2.75, 3.05) is 0 Å². The molecule has 4 nitrogen and oxygen atoms in total. The highest BCUT2D eigenvalue weighted by Gasteiger charge is 2.24. The highest BCUT2D eigenvalue weighted by Crippen LogP contribution is 2.34. The summed E-state index contributed by atoms with van der Waals surface area (Å²) in [5, 5.41) is 20.0. The van der Waals surface area contributed by atoms with Gasteiger partial charge in [0.2, 0.25) is 0 Å². The fourth-order valence-electron chi connectivity index (χ4n) is 3.95. The molecule has 28 heavy (non-hydrogen) atoms. The molecule has 4 heteroatoms. The minimum absolute atomic E-state index is 0.284. The van der Waals surface area contributed by atoms with Gasteiger partial charge in [0.25, 0.3) is 0 Å². The van der Waals surface area contributed by atoms with E-state index in [-0.39, 0.29) is 11.5 Å². The van der Waals surface area contributed by atoms with Gasteiger partial charge in [-0.15, -0.1) is 10.2 Å². The molecule has 0 aliphatic rings. The van der Waals surface area contributed by atoms with Crippen LogP contribution in [-0.4, -0.2) is 26.2 Å². The van der Waals surface area contributed by atoms with Crippen LogP contribution >= 0.6 is 0 Å². The molecular formula is C24H33N3O. The van der Waals surface area contributed by atoms with Crippen molar-refractivity contribution in [1.29, 1.82) is 0 Å². The minimum atomic E-state index is -0.354. The van der Waals surface area contributed by atoms with E-state index in [1.807, 2.05) is 42.5 Å². The largest absolute Gasteiger partial charge is 0.393 e. The summed E-state index contributed by atoms with van der Waals surface area (Å²) in [6.45, 7) is 9.17. The first-order valence-electron chi connectivity index (χ1n) is 10.5. The van der Waals surface area contributed by atoms with Crippen LogP contribution in [0.1, 0.15) is 58.9 Å². The molecule has 1 aromatic heterocycles. The number of hydrogen-bond acceptors (Lipinski definition) is 3. The lowest BCUT2D eigenvalue weighted by molar-refractivity contribution is 0.130. The molecule has 0 aliphatic heterocycles. The zero-order chi connectivity index (χ0) is 20.1. The lowest BCUT2D eigenvalue weighted by Gasteiger charge is -2.31. The maximum absolute atomic E-state index is 10.7. The van der Waals surface area contributed by atoms with Crippen LogP contribution in [0, 0.1) is 11.3 Å². The summed E-state index contributed by atoms with van der Waals surface area (Å²) in [5.41, 5.74) is 4.07. The maximum atomic E-state index is 10.7. The molecule has 0 saturated heterocycles. The van der Waals surface area contributed by atoms with Gasteiger partial charge in [-0.1, -0.05) is 70.9 Å². The molecule has 1 N–H and O–H groups in total. The fraction of sp³-hybridized carbons (Fsp3) is 0.500. The van der Waals surface area contributed by atoms with Gasteiger partial charge in [-0.3, -0.25) is 0 Å². The Hall–Kier alpha value is -2.20. The van der Waals surface area contributed by atoms with Crippen molar-refractivity contribution in [3.63, 3.8) is 0 Å². The molecule has 3 rings (SSSR count). The number of nitrogens with zero attached hydrogens (tertiary/aromatic N) is 3. The third-order valence-electron chi connectivity index (χ3n) is 5.66. The van der Waals surface area contributed by atoms with Crippen LogP contribution in [0.15, 0.2) is 48.5 Å². The topological polar surface area (TPSA) is 50.9 Å². The molecule has 0 amide bonds. The van der Waals surface area contributed by atoms with Crippen LogP contribution in [0.4, 0.5) is 0 Å². The Morgan fingerprint density at radius 1 is 0.893 bits per heavy atom. The number of aliphatic hydroxyl groups is 1. The number of fused-ring (bicyclic) bond motifs is 1. The first kappa shape index (κ1) is 20.5. The molecule has 0 bridgehead atoms. The molecular weight excluding hydrogens is 346 g/mol. The molecule has 2 aromatic carbocycles. The van der Waals surface area contributed by atoms with E-state index < -0.39 is 0 Å². The van der Waals surface area contributed by atoms with E-state index in [1.165, 1.54) is 12.8 Å². The number of para-hydroxylation sites is 1. The number of aliphatic hydroxyl groups excluding tert-OH is 1. The van der Waals surface area contributed by atoms with Gasteiger partial charge in [0, 0.05) is 6.42 Å². The lowest BCUT2D eigenvalue weighted by atomic mass is 9.75. The third-order valence-corrected chi connectivity index (χ3v) is 5.66. The second-order valence-corrected chi connectivity index (χ2v) is 8.89. The van der Waals surface area contributed by atoms with Crippen LogP contribution in [0.5, 0.6) is 0 Å². The molecule has 0 spiro atoms. The summed E-state index contributed by atoms with van der Waals surface area (Å²) in [5.74, 6) is 0.639. The van der Waals surface area contributed by atoms with E-state index in [0.717, 1.165) is 35.1 Å². The second-order valence-electron chi connectivity index (χ2n) is 8.89. The average molecular weight is 380 g/mol. The Morgan fingerprint density at radius 3 is 2.11 bits per heavy atom. The Morgan fingerprint density at radius 2 is 1.50 bits per heavy atom. The molecule has 2 unspecified atom stereocenters. The van der Waals surface area contributed by atoms with Crippen LogP contribution in [0.2, 0.25) is 0 Å². The van der Waals surface area contributed by atoms with Crippen molar-refractivity contribution in [1.82, 2.24) is 15.0 Å². The van der Waals surface area contributed by atoms with Gasteiger partial charge in [0.15, 0.2) is 0 Å². The Labute approximate surface area is 168 Å². The van der Waals surface area contributed by atoms with E-state index >= 15 is 0 Å². The van der Waals surface area contributed by atoms with Crippen molar-refractivity contribution >= 4 is 11.0 Å². The first-order valence-corrected chi connectivity index (χ1v) is 10.5. The van der Waals surface area contributed by atoms with Crippen molar-refractivity contribution in [3.05, 3.63) is 54.1 Å². The van der Waals surface area contributed by atoms with Crippen molar-refractivity contribution in [2.24, 2.45) is 11.3 Å². The second kappa shape index (κ2) is 8.87. The molecule has 0 saturated carbocycles. The maximum Gasteiger partial charge on any atom is 0.113 e. The predicted molar refractivity (Wildman–Crippen MR) is 116 cm³/mol. The summed E-state index contributed by atoms with van der Waals surface area (Å²) in [6.07, 6.45) is 4.57. The van der Waals surface area contributed by atoms with Gasteiger partial charge in [-0.25, -0.2) is 0 Å². The van der Waals surface area contributed by atoms with Crippen molar-refractivity contribution in [2.45, 2.75) is 65.9 Å². The Balaban J connectivity index is 1.72. The van der Waals surface area contributed by atoms with E-state index in [4.69, 9.17) is 0 Å². The molecule has 0 radical (unpaired) electrons. The number of benzene rings is 2. The molecule has 3 aromatic rings. The summed E-state index contributed by atoms with van der Waals surface area (Å²) >= 11 is 0. The predicted octanol–water partition coefficient (Wildman–Crippen LogP) is 5.57.